The van der Waals surface area contributed by atoms with Gasteiger partial charge in [-0.15, -0.1) is 0 Å². The maximum atomic E-state index is 9.16. The molecule has 0 saturated carbocycles. The number of ether oxygens (including phenoxy) is 6. The predicted octanol–water partition coefficient (Wildman–Crippen LogP) is 6.94. The molecular weight excluding hydrogens is 584 g/mol. The molecule has 0 saturated heterocycles. The number of hydrogen-bond donors (Lipinski definition) is 0. The zero-order valence-corrected chi connectivity index (χ0v) is 26.2. The van der Waals surface area contributed by atoms with Gasteiger partial charge in [0.25, 0.3) is 0 Å². The van der Waals surface area contributed by atoms with Crippen molar-refractivity contribution < 1.29 is 28.4 Å². The highest BCUT2D eigenvalue weighted by Gasteiger charge is 2.13. The molecular formula is C36H30N4O6. The lowest BCUT2D eigenvalue weighted by atomic mass is 10.0. The van der Waals surface area contributed by atoms with Crippen LogP contribution in [0.4, 0.5) is 0 Å². The summed E-state index contributed by atoms with van der Waals surface area (Å²) in [5.74, 6) is 3.07. The molecule has 3 aromatic rings. The Morgan fingerprint density at radius 2 is 0.587 bits per heavy atom. The lowest BCUT2D eigenvalue weighted by Gasteiger charge is -2.13. The highest BCUT2D eigenvalue weighted by Crippen LogP contribution is 2.36. The molecule has 0 spiro atoms. The molecule has 230 valence electrons. The van der Waals surface area contributed by atoms with E-state index in [1.54, 1.807) is 38.5 Å². The molecule has 0 fully saturated rings. The molecule has 0 unspecified atom stereocenters. The third kappa shape index (κ3) is 7.85. The minimum Gasteiger partial charge on any atom is -0.496 e. The van der Waals surface area contributed by atoms with Gasteiger partial charge < -0.3 is 28.4 Å². The van der Waals surface area contributed by atoms with Gasteiger partial charge in [0.15, 0.2) is 0 Å². The van der Waals surface area contributed by atoms with E-state index < -0.39 is 0 Å². The van der Waals surface area contributed by atoms with Gasteiger partial charge in [-0.3, -0.25) is 0 Å². The minimum absolute atomic E-state index is 0.0637. The van der Waals surface area contributed by atoms with Gasteiger partial charge in [-0.1, -0.05) is 24.3 Å². The second-order valence-electron chi connectivity index (χ2n) is 9.24. The predicted molar refractivity (Wildman–Crippen MR) is 175 cm³/mol. The number of hydrogen-bond acceptors (Lipinski definition) is 10. The van der Waals surface area contributed by atoms with Gasteiger partial charge in [0.1, 0.15) is 69.9 Å². The molecule has 46 heavy (non-hydrogen) atoms. The summed E-state index contributed by atoms with van der Waals surface area (Å²) in [4.78, 5) is 0. The molecule has 0 atom stereocenters. The van der Waals surface area contributed by atoms with Crippen LogP contribution in [0.5, 0.6) is 34.5 Å². The first-order valence-electron chi connectivity index (χ1n) is 13.5. The average Bonchev–Trinajstić information content (AvgIpc) is 3.10. The van der Waals surface area contributed by atoms with Crippen molar-refractivity contribution in [1.29, 1.82) is 21.0 Å². The lowest BCUT2D eigenvalue weighted by Crippen LogP contribution is -1.95. The molecule has 3 aromatic carbocycles. The summed E-state index contributed by atoms with van der Waals surface area (Å²) in [5, 5.41) is 36.6. The summed E-state index contributed by atoms with van der Waals surface area (Å²) in [6, 6.07) is 17.9. The number of nitriles is 4. The zero-order valence-electron chi connectivity index (χ0n) is 26.2. The van der Waals surface area contributed by atoms with Crippen LogP contribution in [0.2, 0.25) is 0 Å². The van der Waals surface area contributed by atoms with Crippen LogP contribution in [0, 0.1) is 45.3 Å². The monoisotopic (exact) mass is 614 g/mol. The average molecular weight is 615 g/mol. The molecule has 0 aliphatic heterocycles. The molecule has 0 radical (unpaired) electrons. The third-order valence-corrected chi connectivity index (χ3v) is 6.71. The Balaban J connectivity index is 2.05. The van der Waals surface area contributed by atoms with Crippen molar-refractivity contribution in [3.8, 4) is 58.8 Å². The van der Waals surface area contributed by atoms with Crippen LogP contribution in [-0.2, 0) is 0 Å². The van der Waals surface area contributed by atoms with E-state index in [1.165, 1.54) is 40.6 Å². The van der Waals surface area contributed by atoms with Gasteiger partial charge >= 0.3 is 0 Å². The van der Waals surface area contributed by atoms with Crippen LogP contribution in [0.3, 0.4) is 0 Å². The van der Waals surface area contributed by atoms with Crippen molar-refractivity contribution in [2.24, 2.45) is 0 Å². The van der Waals surface area contributed by atoms with Crippen molar-refractivity contribution in [3.63, 3.8) is 0 Å². The lowest BCUT2D eigenvalue weighted by molar-refractivity contribution is 0.401. The van der Waals surface area contributed by atoms with E-state index in [0.29, 0.717) is 56.8 Å². The smallest absolute Gasteiger partial charge is 0.130 e. The molecule has 10 nitrogen and oxygen atoms in total. The Morgan fingerprint density at radius 3 is 0.783 bits per heavy atom. The summed E-state index contributed by atoms with van der Waals surface area (Å²) >= 11 is 0. The van der Waals surface area contributed by atoms with Crippen molar-refractivity contribution >= 4 is 36.5 Å². The highest BCUT2D eigenvalue weighted by atomic mass is 16.5. The highest BCUT2D eigenvalue weighted by molar-refractivity contribution is 5.82. The zero-order chi connectivity index (χ0) is 33.6. The fourth-order valence-electron chi connectivity index (χ4n) is 4.43. The summed E-state index contributed by atoms with van der Waals surface area (Å²) < 4.78 is 33.6. The maximum Gasteiger partial charge on any atom is 0.130 e. The van der Waals surface area contributed by atoms with Crippen LogP contribution >= 0.6 is 0 Å². The van der Waals surface area contributed by atoms with Gasteiger partial charge in [0.05, 0.1) is 42.7 Å². The number of nitrogens with zero attached hydrogens (tertiary/aromatic N) is 4. The number of benzene rings is 3. The normalized spacial score (nSPS) is 10.1. The molecule has 0 heterocycles. The molecule has 0 aliphatic carbocycles. The Labute approximate surface area is 268 Å². The fraction of sp³-hybridized carbons (Fsp3) is 0.167. The third-order valence-electron chi connectivity index (χ3n) is 6.71. The molecule has 0 bridgehead atoms. The molecule has 0 aromatic heterocycles. The van der Waals surface area contributed by atoms with E-state index in [2.05, 4.69) is 0 Å². The van der Waals surface area contributed by atoms with E-state index in [9.17, 15) is 0 Å². The van der Waals surface area contributed by atoms with Gasteiger partial charge in [-0.25, -0.2) is 0 Å². The van der Waals surface area contributed by atoms with Crippen molar-refractivity contribution in [1.82, 2.24) is 0 Å². The Bertz CT molecular complexity index is 1740. The Hall–Kier alpha value is -6.62. The second kappa shape index (κ2) is 16.3. The first kappa shape index (κ1) is 33.9. The van der Waals surface area contributed by atoms with Gasteiger partial charge in [-0.2, -0.15) is 21.0 Å². The fourth-order valence-corrected chi connectivity index (χ4v) is 4.43. The summed E-state index contributed by atoms with van der Waals surface area (Å²) in [7, 11) is 9.19. The van der Waals surface area contributed by atoms with Crippen molar-refractivity contribution in [2.45, 2.75) is 0 Å². The SMILES string of the molecule is COc1cc(/C=C/c2cc(OC)c(/C=C/c3cc(OC)c(C=C(C#N)C#N)cc3OC)cc2OC)c(OC)cc1C=C(C#N)C#N. The van der Waals surface area contributed by atoms with Crippen molar-refractivity contribution in [3.05, 3.63) is 80.9 Å². The van der Waals surface area contributed by atoms with Crippen LogP contribution in [0.1, 0.15) is 33.4 Å². The topological polar surface area (TPSA) is 151 Å². The van der Waals surface area contributed by atoms with E-state index in [0.717, 1.165) is 11.1 Å². The second-order valence-corrected chi connectivity index (χ2v) is 9.24. The van der Waals surface area contributed by atoms with Crippen molar-refractivity contribution in [2.75, 3.05) is 42.7 Å². The maximum absolute atomic E-state index is 9.16. The first-order chi connectivity index (χ1) is 22.3. The van der Waals surface area contributed by atoms with E-state index in [-0.39, 0.29) is 11.1 Å². The summed E-state index contributed by atoms with van der Waals surface area (Å²) in [5.41, 5.74) is 3.75. The first-order valence-corrected chi connectivity index (χ1v) is 13.5. The van der Waals surface area contributed by atoms with Crippen LogP contribution in [0.15, 0.2) is 47.5 Å². The van der Waals surface area contributed by atoms with Crippen LogP contribution in [-0.4, -0.2) is 42.7 Å². The van der Waals surface area contributed by atoms with E-state index in [1.807, 2.05) is 60.7 Å². The van der Waals surface area contributed by atoms with E-state index >= 15 is 0 Å². The number of methoxy groups -OCH3 is 6. The molecule has 10 heteroatoms. The van der Waals surface area contributed by atoms with Gasteiger partial charge in [-0.05, 0) is 48.6 Å². The molecule has 0 N–H and O–H groups in total. The van der Waals surface area contributed by atoms with Crippen LogP contribution in [0.25, 0.3) is 36.5 Å². The molecule has 3 rings (SSSR count). The number of allylic oxidation sites excluding steroid dienone is 2. The Kier molecular flexibility index (Phi) is 12.0. The Morgan fingerprint density at radius 1 is 0.391 bits per heavy atom. The molecule has 0 amide bonds. The minimum atomic E-state index is -0.0637. The standard InChI is InChI=1S/C36H30N4O6/c1-41-31-13-26(8-10-28-16-36(46-6)30(18-34(28)44-4)12-24(21-39)22-40)32(42-2)14-25(31)7-9-27-15-35(45-5)29(17-33(27)43-3)11-23(19-37)20-38/h7-18H,1-6H3/b9-7+,10-8+. The van der Waals surface area contributed by atoms with Gasteiger partial charge in [0.2, 0.25) is 0 Å². The summed E-state index contributed by atoms with van der Waals surface area (Å²) in [6.07, 6.45) is 10.2. The molecule has 0 aliphatic rings. The van der Waals surface area contributed by atoms with Crippen LogP contribution < -0.4 is 28.4 Å². The summed E-state index contributed by atoms with van der Waals surface area (Å²) in [6.45, 7) is 0. The largest absolute Gasteiger partial charge is 0.496 e. The number of rotatable bonds is 12. The quantitative estimate of drug-likeness (QED) is 0.155. The van der Waals surface area contributed by atoms with Gasteiger partial charge in [0, 0.05) is 33.4 Å². The van der Waals surface area contributed by atoms with E-state index in [4.69, 9.17) is 49.5 Å².